The monoisotopic (exact) mass is 529 g/mol. The van der Waals surface area contributed by atoms with Crippen LogP contribution in [-0.2, 0) is 19.5 Å². The number of benzene rings is 1. The Bertz CT molecular complexity index is 1360. The van der Waals surface area contributed by atoms with Crippen molar-refractivity contribution in [2.75, 3.05) is 0 Å². The number of hydrogen-bond acceptors (Lipinski definition) is 2. The van der Waals surface area contributed by atoms with Crippen molar-refractivity contribution in [3.8, 4) is 0 Å². The van der Waals surface area contributed by atoms with Crippen LogP contribution in [0, 0.1) is 6.07 Å². The average Bonchev–Trinajstić information content (AvgIpc) is 3.55. The van der Waals surface area contributed by atoms with Crippen molar-refractivity contribution >= 4 is 62.3 Å². The molecule has 4 nitrogen and oxygen atoms in total. The van der Waals surface area contributed by atoms with E-state index >= 15 is 0 Å². The van der Waals surface area contributed by atoms with E-state index in [2.05, 4.69) is 72.3 Å². The molecule has 0 fully saturated rings. The van der Waals surface area contributed by atoms with Crippen LogP contribution in [0.1, 0.15) is 22.8 Å². The summed E-state index contributed by atoms with van der Waals surface area (Å²) in [5.74, 6) is 0. The zero-order valence-corrected chi connectivity index (χ0v) is 21.8. The maximum atomic E-state index is 4.62. The summed E-state index contributed by atoms with van der Waals surface area (Å²) < 4.78 is 1.10. The molecule has 0 unspecified atom stereocenters. The Balaban J connectivity index is 0.000000265. The first-order valence-electron chi connectivity index (χ1n) is 9.86. The van der Waals surface area contributed by atoms with Gasteiger partial charge in [-0.05, 0) is 72.8 Å². The molecule has 0 saturated carbocycles. The van der Waals surface area contributed by atoms with Gasteiger partial charge in [-0.15, -0.1) is 0 Å². The fourth-order valence-electron chi connectivity index (χ4n) is 3.31. The number of hydrogen-bond donors (Lipinski definition) is 2. The molecular weight excluding hydrogens is 514 g/mol. The number of nitrogens with zero attached hydrogens (tertiary/aromatic N) is 2. The molecule has 0 spiro atoms. The molecule has 2 N–H and O–H groups in total. The second-order valence-corrected chi connectivity index (χ2v) is 8.04. The van der Waals surface area contributed by atoms with Crippen LogP contribution in [0.2, 0.25) is 0 Å². The molecule has 0 amide bonds. The van der Waals surface area contributed by atoms with E-state index in [4.69, 9.17) is 0 Å². The Morgan fingerprint density at radius 2 is 0.969 bits per heavy atom. The molecule has 0 radical (unpaired) electrons. The van der Waals surface area contributed by atoms with Gasteiger partial charge in [-0.2, -0.15) is 30.3 Å². The number of aromatic nitrogens is 4. The molecule has 3 aromatic heterocycles. The van der Waals surface area contributed by atoms with Crippen LogP contribution in [0.5, 0.6) is 0 Å². The van der Waals surface area contributed by atoms with Gasteiger partial charge in [0.15, 0.2) is 0 Å². The standard InChI is InChI=1S/C20H14N4.C6H4Br.Zn/c1-2-14-10-16-5-6-18(23-16)12-20-8-7-19(24-20)11-17-4-3-15(22-17)9-13(1)21-14;7-6-4-2-1-3-5-6;/h1-12,21-22H;2-5H;/q;-1;. The van der Waals surface area contributed by atoms with E-state index in [0.717, 1.165) is 49.3 Å². The summed E-state index contributed by atoms with van der Waals surface area (Å²) in [6.07, 6.45) is 8.05. The zero-order chi connectivity index (χ0) is 21.0. The van der Waals surface area contributed by atoms with Crippen LogP contribution in [0.4, 0.5) is 0 Å². The Morgan fingerprint density at radius 1 is 0.562 bits per heavy atom. The molecule has 6 rings (SSSR count). The molecule has 1 aromatic carbocycles. The van der Waals surface area contributed by atoms with Crippen LogP contribution in [0.3, 0.4) is 0 Å². The minimum Gasteiger partial charge on any atom is -0.355 e. The van der Waals surface area contributed by atoms with Crippen molar-refractivity contribution in [1.29, 1.82) is 0 Å². The Morgan fingerprint density at radius 3 is 1.38 bits per heavy atom. The molecule has 32 heavy (non-hydrogen) atoms. The van der Waals surface area contributed by atoms with Gasteiger partial charge in [-0.25, -0.2) is 9.97 Å². The topological polar surface area (TPSA) is 57.4 Å². The van der Waals surface area contributed by atoms with Crippen molar-refractivity contribution in [3.63, 3.8) is 0 Å². The summed E-state index contributed by atoms with van der Waals surface area (Å²) in [6, 6.07) is 26.9. The van der Waals surface area contributed by atoms with E-state index < -0.39 is 0 Å². The van der Waals surface area contributed by atoms with Crippen LogP contribution in [0.15, 0.2) is 77.3 Å². The van der Waals surface area contributed by atoms with E-state index in [-0.39, 0.29) is 19.5 Å². The number of fused-ring (bicyclic) bond motifs is 8. The third kappa shape index (κ3) is 5.58. The summed E-state index contributed by atoms with van der Waals surface area (Å²) in [5.41, 5.74) is 7.86. The second-order valence-electron chi connectivity index (χ2n) is 7.12. The smallest absolute Gasteiger partial charge is 0.0659 e. The third-order valence-corrected chi connectivity index (χ3v) is 5.25. The number of H-pyrrole nitrogens is 2. The van der Waals surface area contributed by atoms with Crippen molar-refractivity contribution in [2.24, 2.45) is 0 Å². The summed E-state index contributed by atoms with van der Waals surface area (Å²) in [5, 5.41) is 0. The third-order valence-electron chi connectivity index (χ3n) is 4.72. The second kappa shape index (κ2) is 10.0. The molecule has 2 aliphatic rings. The van der Waals surface area contributed by atoms with Gasteiger partial charge in [0.1, 0.15) is 0 Å². The quantitative estimate of drug-likeness (QED) is 0.165. The van der Waals surface area contributed by atoms with Crippen LogP contribution >= 0.6 is 15.9 Å². The van der Waals surface area contributed by atoms with E-state index in [1.165, 1.54) is 0 Å². The first kappa shape index (κ1) is 22.1. The maximum absolute atomic E-state index is 4.62. The number of nitrogens with one attached hydrogen (secondary N) is 2. The van der Waals surface area contributed by atoms with Gasteiger partial charge in [0.2, 0.25) is 0 Å². The normalized spacial score (nSPS) is 11.4. The van der Waals surface area contributed by atoms with Crippen LogP contribution in [-0.4, -0.2) is 19.9 Å². The van der Waals surface area contributed by atoms with Gasteiger partial charge in [0.25, 0.3) is 0 Å². The molecule has 152 valence electrons. The van der Waals surface area contributed by atoms with E-state index in [1.54, 1.807) is 0 Å². The number of rotatable bonds is 0. The van der Waals surface area contributed by atoms with Crippen molar-refractivity contribution in [2.45, 2.75) is 0 Å². The van der Waals surface area contributed by atoms with Crippen molar-refractivity contribution in [1.82, 2.24) is 19.9 Å². The zero-order valence-electron chi connectivity index (χ0n) is 17.2. The SMILES string of the molecule is Brc1cc[c-]cc1.C1=Cc2cc3ccc(cc4ccc(cc5nc(cc1n2)C=C5)[nH]4)[nH]3.[Zn]. The Hall–Kier alpha value is -3.08. The minimum atomic E-state index is 0. The largest absolute Gasteiger partial charge is 0.355 e. The molecule has 2 aliphatic heterocycles. The molecule has 6 heteroatoms. The molecule has 5 heterocycles. The van der Waals surface area contributed by atoms with Crippen LogP contribution < -0.4 is 0 Å². The summed E-state index contributed by atoms with van der Waals surface area (Å²) in [6.45, 7) is 0. The van der Waals surface area contributed by atoms with Gasteiger partial charge in [0.05, 0.1) is 22.8 Å². The minimum absolute atomic E-state index is 0. The maximum Gasteiger partial charge on any atom is 0.0659 e. The molecule has 8 bridgehead atoms. The van der Waals surface area contributed by atoms with Crippen molar-refractivity contribution in [3.05, 3.63) is 106 Å². The molecule has 0 atom stereocenters. The summed E-state index contributed by atoms with van der Waals surface area (Å²) in [7, 11) is 0. The fraction of sp³-hybridized carbons (Fsp3) is 0. The predicted molar refractivity (Wildman–Crippen MR) is 132 cm³/mol. The Labute approximate surface area is 207 Å². The van der Waals surface area contributed by atoms with Crippen LogP contribution in [0.25, 0.3) is 46.4 Å². The van der Waals surface area contributed by atoms with E-state index in [9.17, 15) is 0 Å². The number of aromatic amines is 2. The van der Waals surface area contributed by atoms with Gasteiger partial charge in [0, 0.05) is 41.5 Å². The summed E-state index contributed by atoms with van der Waals surface area (Å²) in [4.78, 5) is 16.0. The van der Waals surface area contributed by atoms with Crippen molar-refractivity contribution < 1.29 is 19.5 Å². The number of halogens is 1. The fourth-order valence-corrected chi connectivity index (χ4v) is 3.57. The van der Waals surface area contributed by atoms with E-state index in [0.29, 0.717) is 0 Å². The van der Waals surface area contributed by atoms with Gasteiger partial charge in [-0.1, -0.05) is 20.4 Å². The molecule has 0 saturated heterocycles. The first-order chi connectivity index (χ1) is 15.2. The predicted octanol–water partition coefficient (Wildman–Crippen LogP) is 6.90. The molecular formula is C26H18BrN4Zn-. The average molecular weight is 532 g/mol. The van der Waals surface area contributed by atoms with Gasteiger partial charge < -0.3 is 9.97 Å². The summed E-state index contributed by atoms with van der Waals surface area (Å²) >= 11 is 3.29. The molecule has 0 aliphatic carbocycles. The van der Waals surface area contributed by atoms with Gasteiger partial charge in [-0.3, -0.25) is 0 Å². The first-order valence-corrected chi connectivity index (χ1v) is 10.6. The Kier molecular flexibility index (Phi) is 6.94. The van der Waals surface area contributed by atoms with Gasteiger partial charge >= 0.3 is 0 Å². The molecule has 4 aromatic rings. The van der Waals surface area contributed by atoms with E-state index in [1.807, 2.05) is 66.8 Å².